The number of hydrogen-bond acceptors (Lipinski definition) is 2. The molecular weight excluding hydrogens is 236 g/mol. The molecule has 2 N–H and O–H groups in total. The summed E-state index contributed by atoms with van der Waals surface area (Å²) in [5.41, 5.74) is 7.27. The van der Waals surface area contributed by atoms with E-state index < -0.39 is 0 Å². The van der Waals surface area contributed by atoms with Crippen molar-refractivity contribution in [3.8, 4) is 0 Å². The number of benzene rings is 1. The van der Waals surface area contributed by atoms with E-state index in [-0.39, 0.29) is 17.9 Å². The number of likely N-dealkylation sites (tertiary alicyclic amines) is 1. The van der Waals surface area contributed by atoms with Gasteiger partial charge in [0.25, 0.3) is 0 Å². The van der Waals surface area contributed by atoms with Crippen LogP contribution in [0.15, 0.2) is 30.3 Å². The molecule has 19 heavy (non-hydrogen) atoms. The van der Waals surface area contributed by atoms with Gasteiger partial charge >= 0.3 is 0 Å². The fourth-order valence-corrected chi connectivity index (χ4v) is 2.99. The van der Waals surface area contributed by atoms with Crippen molar-refractivity contribution in [1.29, 1.82) is 0 Å². The number of hydrogen-bond donors (Lipinski definition) is 1. The molecule has 1 aliphatic heterocycles. The summed E-state index contributed by atoms with van der Waals surface area (Å²) < 4.78 is 0. The quantitative estimate of drug-likeness (QED) is 0.908. The van der Waals surface area contributed by atoms with Gasteiger partial charge in [-0.15, -0.1) is 0 Å². The summed E-state index contributed by atoms with van der Waals surface area (Å²) >= 11 is 0. The number of carbonyl (C=O) groups excluding carboxylic acids is 1. The Morgan fingerprint density at radius 3 is 2.47 bits per heavy atom. The third-order valence-corrected chi connectivity index (χ3v) is 4.18. The summed E-state index contributed by atoms with van der Waals surface area (Å²) in [7, 11) is 0. The Hall–Kier alpha value is -1.35. The van der Waals surface area contributed by atoms with Gasteiger partial charge in [0.05, 0.1) is 5.92 Å². The van der Waals surface area contributed by atoms with Gasteiger partial charge in [-0.3, -0.25) is 4.79 Å². The first-order chi connectivity index (χ1) is 9.00. The van der Waals surface area contributed by atoms with Gasteiger partial charge in [-0.1, -0.05) is 44.2 Å². The van der Waals surface area contributed by atoms with Crippen LogP contribution in [0.2, 0.25) is 0 Å². The van der Waals surface area contributed by atoms with Crippen molar-refractivity contribution in [3.63, 3.8) is 0 Å². The Kier molecular flexibility index (Phi) is 4.25. The molecule has 1 fully saturated rings. The Bertz CT molecular complexity index is 432. The summed E-state index contributed by atoms with van der Waals surface area (Å²) in [5.74, 6) is 0.613. The Balaban J connectivity index is 2.07. The second kappa shape index (κ2) is 5.74. The first-order valence-corrected chi connectivity index (χ1v) is 7.11. The molecule has 1 aliphatic rings. The molecule has 1 aromatic rings. The summed E-state index contributed by atoms with van der Waals surface area (Å²) in [5, 5.41) is 0. The summed E-state index contributed by atoms with van der Waals surface area (Å²) in [4.78, 5) is 14.6. The van der Waals surface area contributed by atoms with Gasteiger partial charge in [-0.05, 0) is 24.8 Å². The zero-order chi connectivity index (χ0) is 14.0. The molecule has 104 valence electrons. The van der Waals surface area contributed by atoms with E-state index in [9.17, 15) is 4.79 Å². The predicted octanol–water partition coefficient (Wildman–Crippen LogP) is 2.58. The van der Waals surface area contributed by atoms with Crippen LogP contribution in [0, 0.1) is 11.8 Å². The third kappa shape index (κ3) is 2.98. The lowest BCUT2D eigenvalue weighted by Gasteiger charge is -2.28. The number of rotatable bonds is 3. The second-order valence-corrected chi connectivity index (χ2v) is 5.91. The molecule has 1 saturated heterocycles. The normalized spacial score (nSPS) is 26.2. The first kappa shape index (κ1) is 14.1. The van der Waals surface area contributed by atoms with Gasteiger partial charge in [-0.2, -0.15) is 0 Å². The molecule has 0 bridgehead atoms. The van der Waals surface area contributed by atoms with Crippen molar-refractivity contribution in [2.75, 3.05) is 6.54 Å². The minimum atomic E-state index is -0.225. The maximum atomic E-state index is 12.6. The highest BCUT2D eigenvalue weighted by Crippen LogP contribution is 2.27. The van der Waals surface area contributed by atoms with Crippen LogP contribution in [-0.4, -0.2) is 23.4 Å². The lowest BCUT2D eigenvalue weighted by atomic mass is 9.94. The molecule has 2 rings (SSSR count). The van der Waals surface area contributed by atoms with Gasteiger partial charge in [0, 0.05) is 18.6 Å². The first-order valence-electron chi connectivity index (χ1n) is 7.11. The molecule has 0 spiro atoms. The average Bonchev–Trinajstić information content (AvgIpc) is 2.76. The number of amides is 1. The molecule has 0 radical (unpaired) electrons. The fourth-order valence-electron chi connectivity index (χ4n) is 2.99. The molecule has 4 unspecified atom stereocenters. The molecule has 4 atom stereocenters. The summed E-state index contributed by atoms with van der Waals surface area (Å²) in [6.45, 7) is 7.13. The van der Waals surface area contributed by atoms with E-state index in [1.807, 2.05) is 42.2 Å². The zero-order valence-corrected chi connectivity index (χ0v) is 12.0. The van der Waals surface area contributed by atoms with Crippen molar-refractivity contribution in [3.05, 3.63) is 35.9 Å². The molecule has 3 nitrogen and oxygen atoms in total. The van der Waals surface area contributed by atoms with Gasteiger partial charge in [0.15, 0.2) is 0 Å². The van der Waals surface area contributed by atoms with Gasteiger partial charge < -0.3 is 10.6 Å². The van der Waals surface area contributed by atoms with Gasteiger partial charge in [0.2, 0.25) is 5.91 Å². The van der Waals surface area contributed by atoms with Crippen molar-refractivity contribution in [2.45, 2.75) is 39.3 Å². The molecule has 1 amide bonds. The smallest absolute Gasteiger partial charge is 0.227 e. The maximum absolute atomic E-state index is 12.6. The van der Waals surface area contributed by atoms with Crippen LogP contribution >= 0.6 is 0 Å². The van der Waals surface area contributed by atoms with E-state index in [1.165, 1.54) is 0 Å². The number of nitrogens with zero attached hydrogens (tertiary/aromatic N) is 1. The molecule has 3 heteroatoms. The van der Waals surface area contributed by atoms with Crippen LogP contribution in [0.25, 0.3) is 0 Å². The Labute approximate surface area is 115 Å². The number of nitrogens with two attached hydrogens (primary N) is 1. The van der Waals surface area contributed by atoms with Crippen LogP contribution in [0.4, 0.5) is 0 Å². The lowest BCUT2D eigenvalue weighted by molar-refractivity contribution is -0.136. The molecule has 0 saturated carbocycles. The van der Waals surface area contributed by atoms with E-state index in [4.69, 9.17) is 5.73 Å². The molecular formula is C16H24N2O. The van der Waals surface area contributed by atoms with E-state index in [0.29, 0.717) is 12.0 Å². The van der Waals surface area contributed by atoms with Crippen LogP contribution in [0.3, 0.4) is 0 Å². The minimum Gasteiger partial charge on any atom is -0.339 e. The highest BCUT2D eigenvalue weighted by atomic mass is 16.2. The second-order valence-electron chi connectivity index (χ2n) is 5.91. The van der Waals surface area contributed by atoms with Crippen LogP contribution in [-0.2, 0) is 4.79 Å². The van der Waals surface area contributed by atoms with Crippen molar-refractivity contribution in [2.24, 2.45) is 17.6 Å². The average molecular weight is 260 g/mol. The van der Waals surface area contributed by atoms with Crippen LogP contribution < -0.4 is 5.73 Å². The summed E-state index contributed by atoms with van der Waals surface area (Å²) in [6.07, 6.45) is 1.10. The summed E-state index contributed by atoms with van der Waals surface area (Å²) in [6, 6.07) is 9.99. The van der Waals surface area contributed by atoms with E-state index in [2.05, 4.69) is 13.8 Å². The topological polar surface area (TPSA) is 46.3 Å². The predicted molar refractivity (Wildman–Crippen MR) is 77.5 cm³/mol. The van der Waals surface area contributed by atoms with Gasteiger partial charge in [-0.25, -0.2) is 0 Å². The highest BCUT2D eigenvalue weighted by Gasteiger charge is 2.34. The zero-order valence-electron chi connectivity index (χ0n) is 12.0. The Morgan fingerprint density at radius 2 is 1.95 bits per heavy atom. The lowest BCUT2D eigenvalue weighted by Crippen LogP contribution is -2.41. The molecule has 0 aliphatic carbocycles. The standard InChI is InChI=1S/C16H24N2O/c1-11-9-12(2)18(10-11)16(19)13(3)15(17)14-7-5-4-6-8-14/h4-8,11-13,15H,9-10,17H2,1-3H3. The van der Waals surface area contributed by atoms with Crippen LogP contribution in [0.1, 0.15) is 38.8 Å². The molecule has 1 heterocycles. The van der Waals surface area contributed by atoms with Crippen LogP contribution in [0.5, 0.6) is 0 Å². The maximum Gasteiger partial charge on any atom is 0.227 e. The highest BCUT2D eigenvalue weighted by molar-refractivity contribution is 5.80. The SMILES string of the molecule is CC1CC(C)N(C(=O)C(C)C(N)c2ccccc2)C1. The van der Waals surface area contributed by atoms with Crippen molar-refractivity contribution < 1.29 is 4.79 Å². The van der Waals surface area contributed by atoms with E-state index >= 15 is 0 Å². The van der Waals surface area contributed by atoms with Gasteiger partial charge in [0.1, 0.15) is 0 Å². The third-order valence-electron chi connectivity index (χ3n) is 4.18. The number of carbonyl (C=O) groups is 1. The molecule has 0 aromatic heterocycles. The monoisotopic (exact) mass is 260 g/mol. The molecule has 1 aromatic carbocycles. The largest absolute Gasteiger partial charge is 0.339 e. The van der Waals surface area contributed by atoms with E-state index in [1.54, 1.807) is 0 Å². The minimum absolute atomic E-state index is 0.171. The van der Waals surface area contributed by atoms with Crippen molar-refractivity contribution >= 4 is 5.91 Å². The van der Waals surface area contributed by atoms with E-state index in [0.717, 1.165) is 18.5 Å². The fraction of sp³-hybridized carbons (Fsp3) is 0.562. The van der Waals surface area contributed by atoms with Crippen molar-refractivity contribution in [1.82, 2.24) is 4.90 Å². The Morgan fingerprint density at radius 1 is 1.32 bits per heavy atom.